The Morgan fingerprint density at radius 1 is 1.27 bits per heavy atom. The number of rotatable bonds is 2. The van der Waals surface area contributed by atoms with Crippen molar-refractivity contribution in [2.45, 2.75) is 12.8 Å². The number of benzene rings is 1. The fourth-order valence-corrected chi connectivity index (χ4v) is 3.28. The standard InChI is InChI=1S/C18H16Cl2N2O4/c1-8-6-12-14(17(23)22(8)2)13(9-4-5-10(19)11(20)7-9)15(16(21)26-12)18(24)25-3/h4-7,13H,21H2,1-3H3/t13-/m0/s1. The first-order valence-corrected chi connectivity index (χ1v) is 8.43. The van der Waals surface area contributed by atoms with Crippen LogP contribution in [0.15, 0.2) is 40.5 Å². The number of nitrogens with zero attached hydrogens (tertiary/aromatic N) is 1. The van der Waals surface area contributed by atoms with E-state index in [1.165, 1.54) is 11.7 Å². The van der Waals surface area contributed by atoms with Gasteiger partial charge in [-0.25, -0.2) is 4.79 Å². The fourth-order valence-electron chi connectivity index (χ4n) is 2.97. The number of carbonyl (C=O) groups excluding carboxylic acids is 1. The molecule has 8 heteroatoms. The lowest BCUT2D eigenvalue weighted by Gasteiger charge is -2.28. The molecular formula is C18H16Cl2N2O4. The molecule has 1 aliphatic rings. The molecule has 0 radical (unpaired) electrons. The molecule has 3 rings (SSSR count). The summed E-state index contributed by atoms with van der Waals surface area (Å²) in [5.74, 6) is -1.30. The topological polar surface area (TPSA) is 83.5 Å². The SMILES string of the molecule is COC(=O)C1=C(N)Oc2cc(C)n(C)c(=O)c2[C@@H]1c1ccc(Cl)c(Cl)c1. The molecule has 6 nitrogen and oxygen atoms in total. The lowest BCUT2D eigenvalue weighted by molar-refractivity contribution is -0.136. The van der Waals surface area contributed by atoms with E-state index in [1.54, 1.807) is 38.2 Å². The van der Waals surface area contributed by atoms with Gasteiger partial charge in [-0.05, 0) is 24.6 Å². The fraction of sp³-hybridized carbons (Fsp3) is 0.222. The van der Waals surface area contributed by atoms with Gasteiger partial charge in [-0.2, -0.15) is 0 Å². The van der Waals surface area contributed by atoms with E-state index in [1.807, 2.05) is 0 Å². The second-order valence-electron chi connectivity index (χ2n) is 5.91. The maximum Gasteiger partial charge on any atom is 0.340 e. The summed E-state index contributed by atoms with van der Waals surface area (Å²) in [6.45, 7) is 1.77. The summed E-state index contributed by atoms with van der Waals surface area (Å²) in [6.07, 6.45) is 0. The van der Waals surface area contributed by atoms with Gasteiger partial charge in [0.1, 0.15) is 11.3 Å². The zero-order valence-corrected chi connectivity index (χ0v) is 15.8. The molecule has 0 saturated heterocycles. The number of esters is 1. The molecule has 2 aromatic rings. The number of aryl methyl sites for hydroxylation is 1. The molecule has 1 aromatic heterocycles. The normalized spacial score (nSPS) is 16.1. The molecule has 1 aliphatic heterocycles. The number of pyridine rings is 1. The zero-order valence-electron chi connectivity index (χ0n) is 14.3. The molecule has 26 heavy (non-hydrogen) atoms. The van der Waals surface area contributed by atoms with Gasteiger partial charge in [0.15, 0.2) is 0 Å². The van der Waals surface area contributed by atoms with E-state index in [2.05, 4.69) is 0 Å². The minimum absolute atomic E-state index is 0.0411. The molecule has 0 amide bonds. The predicted molar refractivity (Wildman–Crippen MR) is 98.6 cm³/mol. The van der Waals surface area contributed by atoms with E-state index < -0.39 is 11.9 Å². The molecule has 136 valence electrons. The number of halogens is 2. The second kappa shape index (κ2) is 6.70. The molecule has 2 heterocycles. The van der Waals surface area contributed by atoms with Crippen molar-refractivity contribution in [2.75, 3.05) is 7.11 Å². The molecule has 0 spiro atoms. The van der Waals surface area contributed by atoms with Crippen LogP contribution < -0.4 is 16.0 Å². The molecule has 0 fully saturated rings. The number of fused-ring (bicyclic) bond motifs is 1. The summed E-state index contributed by atoms with van der Waals surface area (Å²) < 4.78 is 11.9. The van der Waals surface area contributed by atoms with Gasteiger partial charge in [-0.1, -0.05) is 29.3 Å². The lowest BCUT2D eigenvalue weighted by Crippen LogP contribution is -2.34. The molecule has 1 atom stereocenters. The molecular weight excluding hydrogens is 379 g/mol. The third kappa shape index (κ3) is 2.85. The van der Waals surface area contributed by atoms with Crippen LogP contribution in [0.3, 0.4) is 0 Å². The van der Waals surface area contributed by atoms with E-state index in [0.717, 1.165) is 0 Å². The van der Waals surface area contributed by atoms with Gasteiger partial charge in [-0.15, -0.1) is 0 Å². The van der Waals surface area contributed by atoms with Crippen molar-refractivity contribution in [1.82, 2.24) is 4.57 Å². The van der Waals surface area contributed by atoms with Gasteiger partial charge in [-0.3, -0.25) is 4.79 Å². The van der Waals surface area contributed by atoms with E-state index in [-0.39, 0.29) is 22.6 Å². The van der Waals surface area contributed by atoms with Crippen molar-refractivity contribution in [2.24, 2.45) is 12.8 Å². The number of nitrogens with two attached hydrogens (primary N) is 1. The first kappa shape index (κ1) is 18.4. The number of ether oxygens (including phenoxy) is 2. The van der Waals surface area contributed by atoms with Crippen molar-refractivity contribution >= 4 is 29.2 Å². The highest BCUT2D eigenvalue weighted by atomic mass is 35.5. The predicted octanol–water partition coefficient (Wildman–Crippen LogP) is 2.87. The molecule has 0 unspecified atom stereocenters. The van der Waals surface area contributed by atoms with Gasteiger partial charge >= 0.3 is 5.97 Å². The Morgan fingerprint density at radius 3 is 2.58 bits per heavy atom. The van der Waals surface area contributed by atoms with Crippen LogP contribution in [-0.4, -0.2) is 17.6 Å². The Balaban J connectivity index is 2.36. The summed E-state index contributed by atoms with van der Waals surface area (Å²) in [5, 5.41) is 0.653. The Kier molecular flexibility index (Phi) is 4.73. The van der Waals surface area contributed by atoms with Gasteiger partial charge in [0, 0.05) is 18.8 Å². The van der Waals surface area contributed by atoms with Gasteiger partial charge in [0.25, 0.3) is 5.56 Å². The first-order chi connectivity index (χ1) is 12.3. The van der Waals surface area contributed by atoms with Crippen molar-refractivity contribution < 1.29 is 14.3 Å². The highest BCUT2D eigenvalue weighted by Crippen LogP contribution is 2.42. The maximum absolute atomic E-state index is 12.9. The average Bonchev–Trinajstić information content (AvgIpc) is 2.60. The average molecular weight is 395 g/mol. The van der Waals surface area contributed by atoms with Crippen molar-refractivity contribution in [1.29, 1.82) is 0 Å². The van der Waals surface area contributed by atoms with Crippen LogP contribution in [0.25, 0.3) is 0 Å². The van der Waals surface area contributed by atoms with Gasteiger partial charge in [0.05, 0.1) is 28.6 Å². The third-order valence-corrected chi connectivity index (χ3v) is 5.15. The Bertz CT molecular complexity index is 1010. The summed E-state index contributed by atoms with van der Waals surface area (Å²) in [5.41, 5.74) is 7.28. The van der Waals surface area contributed by atoms with Crippen LogP contribution in [0.4, 0.5) is 0 Å². The highest BCUT2D eigenvalue weighted by Gasteiger charge is 2.38. The van der Waals surface area contributed by atoms with Crippen LogP contribution in [0, 0.1) is 6.92 Å². The number of aromatic nitrogens is 1. The molecule has 0 bridgehead atoms. The van der Waals surface area contributed by atoms with Crippen molar-refractivity contribution in [3.63, 3.8) is 0 Å². The summed E-state index contributed by atoms with van der Waals surface area (Å²) in [6, 6.07) is 6.57. The summed E-state index contributed by atoms with van der Waals surface area (Å²) in [4.78, 5) is 25.3. The minimum Gasteiger partial charge on any atom is -0.465 e. The van der Waals surface area contributed by atoms with E-state index in [9.17, 15) is 9.59 Å². The Labute approximate surface area is 159 Å². The monoisotopic (exact) mass is 394 g/mol. The number of hydrogen-bond acceptors (Lipinski definition) is 5. The smallest absolute Gasteiger partial charge is 0.340 e. The van der Waals surface area contributed by atoms with Crippen molar-refractivity contribution in [3.8, 4) is 5.75 Å². The van der Waals surface area contributed by atoms with Crippen LogP contribution in [0.1, 0.15) is 22.7 Å². The molecule has 0 aliphatic carbocycles. The quantitative estimate of drug-likeness (QED) is 0.791. The van der Waals surface area contributed by atoms with E-state index in [0.29, 0.717) is 27.1 Å². The van der Waals surface area contributed by atoms with Gasteiger partial charge in [0.2, 0.25) is 5.88 Å². The van der Waals surface area contributed by atoms with Crippen molar-refractivity contribution in [3.05, 3.63) is 72.9 Å². The molecule has 0 saturated carbocycles. The Hall–Kier alpha value is -2.44. The van der Waals surface area contributed by atoms with E-state index >= 15 is 0 Å². The number of carbonyl (C=O) groups is 1. The Morgan fingerprint density at radius 2 is 1.96 bits per heavy atom. The van der Waals surface area contributed by atoms with Crippen LogP contribution in [-0.2, 0) is 16.6 Å². The van der Waals surface area contributed by atoms with Crippen LogP contribution in [0.5, 0.6) is 5.75 Å². The van der Waals surface area contributed by atoms with Crippen LogP contribution in [0.2, 0.25) is 10.0 Å². The summed E-state index contributed by atoms with van der Waals surface area (Å²) in [7, 11) is 2.88. The molecule has 1 aromatic carbocycles. The summed E-state index contributed by atoms with van der Waals surface area (Å²) >= 11 is 12.1. The largest absolute Gasteiger partial charge is 0.465 e. The van der Waals surface area contributed by atoms with Gasteiger partial charge < -0.3 is 19.8 Å². The number of hydrogen-bond donors (Lipinski definition) is 1. The highest BCUT2D eigenvalue weighted by molar-refractivity contribution is 6.42. The zero-order chi connectivity index (χ0) is 19.2. The molecule has 2 N–H and O–H groups in total. The van der Waals surface area contributed by atoms with Crippen LogP contribution >= 0.6 is 23.2 Å². The second-order valence-corrected chi connectivity index (χ2v) is 6.72. The maximum atomic E-state index is 12.9. The first-order valence-electron chi connectivity index (χ1n) is 7.67. The minimum atomic E-state index is -0.791. The third-order valence-electron chi connectivity index (χ3n) is 4.41. The lowest BCUT2D eigenvalue weighted by atomic mass is 9.83. The van der Waals surface area contributed by atoms with E-state index in [4.69, 9.17) is 38.4 Å². The number of methoxy groups -OCH3 is 1.